The Morgan fingerprint density at radius 2 is 1.81 bits per heavy atom. The zero-order valence-corrected chi connectivity index (χ0v) is 9.13. The fourth-order valence-corrected chi connectivity index (χ4v) is 1.56. The summed E-state index contributed by atoms with van der Waals surface area (Å²) in [5, 5.41) is 3.37. The van der Waals surface area contributed by atoms with E-state index in [0.29, 0.717) is 16.4 Å². The van der Waals surface area contributed by atoms with Gasteiger partial charge in [0.25, 0.3) is 0 Å². The number of hydrogen-bond acceptors (Lipinski definition) is 2. The van der Waals surface area contributed by atoms with E-state index < -0.39 is 0 Å². The fraction of sp³-hybridized carbons (Fsp3) is 0. The highest BCUT2D eigenvalue weighted by atomic mass is 35.5. The van der Waals surface area contributed by atoms with Crippen LogP contribution in [-0.2, 0) is 0 Å². The third kappa shape index (κ3) is 2.25. The summed E-state index contributed by atoms with van der Waals surface area (Å²) in [5.41, 5.74) is 7.75. The van der Waals surface area contributed by atoms with Crippen LogP contribution in [0.15, 0.2) is 42.5 Å². The Bertz CT molecular complexity index is 514. The quantitative estimate of drug-likeness (QED) is 0.779. The first-order valence-corrected chi connectivity index (χ1v) is 5.11. The topological polar surface area (TPSA) is 38.0 Å². The summed E-state index contributed by atoms with van der Waals surface area (Å²) >= 11 is 5.89. The molecule has 0 saturated heterocycles. The summed E-state index contributed by atoms with van der Waals surface area (Å²) in [5.74, 6) is -0.364. The van der Waals surface area contributed by atoms with Gasteiger partial charge in [-0.3, -0.25) is 0 Å². The van der Waals surface area contributed by atoms with Crippen molar-refractivity contribution >= 4 is 28.7 Å². The first-order chi connectivity index (χ1) is 7.66. The second-order valence-electron chi connectivity index (χ2n) is 3.34. The average Bonchev–Trinajstić information content (AvgIpc) is 2.25. The highest BCUT2D eigenvalue weighted by Gasteiger charge is 2.03. The summed E-state index contributed by atoms with van der Waals surface area (Å²) in [4.78, 5) is 0. The zero-order valence-electron chi connectivity index (χ0n) is 8.37. The van der Waals surface area contributed by atoms with Crippen molar-refractivity contribution in [1.82, 2.24) is 0 Å². The summed E-state index contributed by atoms with van der Waals surface area (Å²) in [6.45, 7) is 0. The van der Waals surface area contributed by atoms with Crippen LogP contribution in [0.3, 0.4) is 0 Å². The van der Waals surface area contributed by atoms with Gasteiger partial charge in [0.15, 0.2) is 0 Å². The van der Waals surface area contributed by atoms with Gasteiger partial charge < -0.3 is 11.1 Å². The molecule has 0 aliphatic carbocycles. The molecule has 0 aliphatic heterocycles. The van der Waals surface area contributed by atoms with Gasteiger partial charge in [0, 0.05) is 0 Å². The Kier molecular flexibility index (Phi) is 2.97. The lowest BCUT2D eigenvalue weighted by Gasteiger charge is -2.10. The molecule has 0 unspecified atom stereocenters. The van der Waals surface area contributed by atoms with Gasteiger partial charge in [0.05, 0.1) is 22.1 Å². The molecule has 2 nitrogen and oxygen atoms in total. The van der Waals surface area contributed by atoms with Crippen molar-refractivity contribution in [2.24, 2.45) is 0 Å². The second kappa shape index (κ2) is 4.41. The number of hydrogen-bond donors (Lipinski definition) is 2. The highest BCUT2D eigenvalue weighted by Crippen LogP contribution is 2.28. The normalized spacial score (nSPS) is 10.1. The molecule has 0 bridgehead atoms. The van der Waals surface area contributed by atoms with Gasteiger partial charge in [-0.1, -0.05) is 23.7 Å². The first kappa shape index (κ1) is 10.8. The Balaban J connectivity index is 2.31. The lowest BCUT2D eigenvalue weighted by Crippen LogP contribution is -1.96. The van der Waals surface area contributed by atoms with Gasteiger partial charge in [0.1, 0.15) is 5.82 Å². The average molecular weight is 237 g/mol. The minimum atomic E-state index is -0.364. The molecule has 3 N–H and O–H groups in total. The standard InChI is InChI=1S/C12H10ClFN2/c13-9-7-8(14)5-6-11(9)16-12-4-2-1-3-10(12)15/h1-7,16H,15H2. The van der Waals surface area contributed by atoms with E-state index in [9.17, 15) is 4.39 Å². The number of para-hydroxylation sites is 2. The lowest BCUT2D eigenvalue weighted by atomic mass is 10.2. The summed E-state index contributed by atoms with van der Waals surface area (Å²) < 4.78 is 12.8. The monoisotopic (exact) mass is 236 g/mol. The smallest absolute Gasteiger partial charge is 0.124 e. The van der Waals surface area contributed by atoms with Crippen molar-refractivity contribution in [2.45, 2.75) is 0 Å². The van der Waals surface area contributed by atoms with Gasteiger partial charge in [-0.2, -0.15) is 0 Å². The number of nitrogens with one attached hydrogen (secondary N) is 1. The number of anilines is 3. The highest BCUT2D eigenvalue weighted by molar-refractivity contribution is 6.33. The van der Waals surface area contributed by atoms with E-state index in [1.54, 1.807) is 12.1 Å². The van der Waals surface area contributed by atoms with Crippen molar-refractivity contribution in [3.8, 4) is 0 Å². The molecule has 4 heteroatoms. The molecule has 2 rings (SSSR count). The lowest BCUT2D eigenvalue weighted by molar-refractivity contribution is 0.628. The molecular formula is C12H10ClFN2. The van der Waals surface area contributed by atoms with Gasteiger partial charge in [-0.05, 0) is 30.3 Å². The second-order valence-corrected chi connectivity index (χ2v) is 3.74. The molecular weight excluding hydrogens is 227 g/mol. The van der Waals surface area contributed by atoms with Crippen molar-refractivity contribution < 1.29 is 4.39 Å². The minimum absolute atomic E-state index is 0.322. The molecule has 82 valence electrons. The number of rotatable bonds is 2. The van der Waals surface area contributed by atoms with Crippen LogP contribution in [0.25, 0.3) is 0 Å². The van der Waals surface area contributed by atoms with E-state index in [2.05, 4.69) is 5.32 Å². The molecule has 0 aliphatic rings. The molecule has 0 radical (unpaired) electrons. The molecule has 0 heterocycles. The van der Waals surface area contributed by atoms with Crippen molar-refractivity contribution in [3.63, 3.8) is 0 Å². The Labute approximate surface area is 97.8 Å². The molecule has 0 spiro atoms. The number of halogens is 2. The van der Waals surface area contributed by atoms with Crippen LogP contribution in [0, 0.1) is 5.82 Å². The van der Waals surface area contributed by atoms with Crippen LogP contribution in [-0.4, -0.2) is 0 Å². The fourth-order valence-electron chi connectivity index (χ4n) is 1.35. The number of nitrogen functional groups attached to an aromatic ring is 1. The Morgan fingerprint density at radius 1 is 1.06 bits per heavy atom. The van der Waals surface area contributed by atoms with Crippen molar-refractivity contribution in [3.05, 3.63) is 53.3 Å². The SMILES string of the molecule is Nc1ccccc1Nc1ccc(F)cc1Cl. The van der Waals surface area contributed by atoms with Gasteiger partial charge in [-0.15, -0.1) is 0 Å². The Morgan fingerprint density at radius 3 is 2.50 bits per heavy atom. The van der Waals surface area contributed by atoms with Crippen LogP contribution in [0.5, 0.6) is 0 Å². The molecule has 2 aromatic rings. The van der Waals surface area contributed by atoms with Crippen LogP contribution < -0.4 is 11.1 Å². The van der Waals surface area contributed by atoms with Crippen LogP contribution in [0.1, 0.15) is 0 Å². The van der Waals surface area contributed by atoms with Crippen LogP contribution in [0.2, 0.25) is 5.02 Å². The maximum absolute atomic E-state index is 12.8. The van der Waals surface area contributed by atoms with Crippen LogP contribution in [0.4, 0.5) is 21.5 Å². The third-order valence-electron chi connectivity index (χ3n) is 2.16. The van der Waals surface area contributed by atoms with E-state index in [-0.39, 0.29) is 5.82 Å². The van der Waals surface area contributed by atoms with E-state index in [0.717, 1.165) is 5.69 Å². The summed E-state index contributed by atoms with van der Waals surface area (Å²) in [6, 6.07) is 11.5. The van der Waals surface area contributed by atoms with Crippen molar-refractivity contribution in [1.29, 1.82) is 0 Å². The largest absolute Gasteiger partial charge is 0.397 e. The van der Waals surface area contributed by atoms with Gasteiger partial charge in [-0.25, -0.2) is 4.39 Å². The summed E-state index contributed by atoms with van der Waals surface area (Å²) in [7, 11) is 0. The minimum Gasteiger partial charge on any atom is -0.397 e. The van der Waals surface area contributed by atoms with E-state index in [1.807, 2.05) is 18.2 Å². The maximum Gasteiger partial charge on any atom is 0.124 e. The van der Waals surface area contributed by atoms with Crippen LogP contribution >= 0.6 is 11.6 Å². The molecule has 0 atom stereocenters. The Hall–Kier alpha value is -1.74. The predicted octanol–water partition coefficient (Wildman–Crippen LogP) is 3.80. The number of nitrogens with two attached hydrogens (primary N) is 1. The molecule has 0 amide bonds. The molecule has 2 aromatic carbocycles. The zero-order chi connectivity index (χ0) is 11.5. The predicted molar refractivity (Wildman–Crippen MR) is 65.5 cm³/mol. The third-order valence-corrected chi connectivity index (χ3v) is 2.47. The van der Waals surface area contributed by atoms with E-state index in [1.165, 1.54) is 12.1 Å². The maximum atomic E-state index is 12.8. The van der Waals surface area contributed by atoms with E-state index in [4.69, 9.17) is 17.3 Å². The molecule has 0 saturated carbocycles. The summed E-state index contributed by atoms with van der Waals surface area (Å²) in [6.07, 6.45) is 0. The molecule has 16 heavy (non-hydrogen) atoms. The van der Waals surface area contributed by atoms with E-state index >= 15 is 0 Å². The first-order valence-electron chi connectivity index (χ1n) is 4.73. The van der Waals surface area contributed by atoms with Crippen molar-refractivity contribution in [2.75, 3.05) is 11.1 Å². The van der Waals surface area contributed by atoms with Gasteiger partial charge in [0.2, 0.25) is 0 Å². The van der Waals surface area contributed by atoms with Gasteiger partial charge >= 0.3 is 0 Å². The molecule has 0 fully saturated rings. The molecule has 0 aromatic heterocycles. The number of benzene rings is 2.